The Morgan fingerprint density at radius 3 is 2.50 bits per heavy atom. The second-order valence-corrected chi connectivity index (χ2v) is 6.22. The Hall–Kier alpha value is -3.02. The minimum atomic E-state index is 0.653. The first kappa shape index (κ1) is 16.4. The van der Waals surface area contributed by atoms with Crippen LogP contribution in [0.15, 0.2) is 36.5 Å². The van der Waals surface area contributed by atoms with Crippen molar-refractivity contribution >= 4 is 16.6 Å². The Labute approximate surface area is 152 Å². The quantitative estimate of drug-likeness (QED) is 0.719. The number of rotatable bonds is 4. The monoisotopic (exact) mass is 351 g/mol. The molecule has 0 spiro atoms. The molecule has 4 rings (SSSR count). The lowest BCUT2D eigenvalue weighted by molar-refractivity contribution is 0.355. The van der Waals surface area contributed by atoms with E-state index < -0.39 is 0 Å². The van der Waals surface area contributed by atoms with Crippen molar-refractivity contribution in [1.29, 1.82) is 0 Å². The van der Waals surface area contributed by atoms with Crippen molar-refractivity contribution in [3.63, 3.8) is 0 Å². The topological polar surface area (TPSA) is 56.7 Å². The summed E-state index contributed by atoms with van der Waals surface area (Å²) in [6, 6.07) is 10.1. The van der Waals surface area contributed by atoms with E-state index in [-0.39, 0.29) is 0 Å². The minimum Gasteiger partial charge on any atom is -0.496 e. The summed E-state index contributed by atoms with van der Waals surface area (Å²) in [6.45, 7) is 1.70. The molecule has 0 N–H and O–H groups in total. The van der Waals surface area contributed by atoms with Crippen LogP contribution < -0.4 is 19.1 Å². The summed E-state index contributed by atoms with van der Waals surface area (Å²) in [6.07, 6.45) is 2.75. The molecule has 1 aliphatic rings. The Morgan fingerprint density at radius 2 is 1.73 bits per heavy atom. The number of hydrogen-bond donors (Lipinski definition) is 0. The first-order valence-corrected chi connectivity index (χ1v) is 8.52. The molecule has 1 aromatic heterocycles. The molecule has 1 aliphatic heterocycles. The molecule has 26 heavy (non-hydrogen) atoms. The summed E-state index contributed by atoms with van der Waals surface area (Å²) < 4.78 is 16.4. The van der Waals surface area contributed by atoms with Crippen molar-refractivity contribution < 1.29 is 14.2 Å². The second-order valence-electron chi connectivity index (χ2n) is 6.22. The first-order chi connectivity index (χ1) is 12.7. The molecule has 0 saturated carbocycles. The zero-order valence-electron chi connectivity index (χ0n) is 15.2. The summed E-state index contributed by atoms with van der Waals surface area (Å²) in [5.41, 5.74) is 4.40. The fraction of sp³-hybridized carbons (Fsp3) is 0.300. The summed E-state index contributed by atoms with van der Waals surface area (Å²) in [7, 11) is 4.99. The fourth-order valence-electron chi connectivity index (χ4n) is 3.59. The van der Waals surface area contributed by atoms with E-state index in [9.17, 15) is 0 Å². The first-order valence-electron chi connectivity index (χ1n) is 8.52. The molecule has 0 radical (unpaired) electrons. The van der Waals surface area contributed by atoms with Gasteiger partial charge in [-0.1, -0.05) is 12.1 Å². The van der Waals surface area contributed by atoms with Crippen LogP contribution in [0, 0.1) is 0 Å². The Balaban J connectivity index is 1.77. The number of benzene rings is 2. The van der Waals surface area contributed by atoms with Crippen molar-refractivity contribution in [3.05, 3.63) is 47.7 Å². The zero-order valence-corrected chi connectivity index (χ0v) is 15.2. The number of nitrogens with zero attached hydrogens (tertiary/aromatic N) is 3. The lowest BCUT2D eigenvalue weighted by Gasteiger charge is -2.32. The van der Waals surface area contributed by atoms with Crippen LogP contribution in [0.3, 0.4) is 0 Å². The largest absolute Gasteiger partial charge is 0.496 e. The predicted octanol–water partition coefficient (Wildman–Crippen LogP) is 3.22. The van der Waals surface area contributed by atoms with Crippen molar-refractivity contribution in [2.75, 3.05) is 32.8 Å². The highest BCUT2D eigenvalue weighted by atomic mass is 16.5. The van der Waals surface area contributed by atoms with Crippen molar-refractivity contribution in [1.82, 2.24) is 10.2 Å². The fourth-order valence-corrected chi connectivity index (χ4v) is 3.59. The van der Waals surface area contributed by atoms with Crippen LogP contribution in [0.2, 0.25) is 0 Å². The number of anilines is 1. The Morgan fingerprint density at radius 1 is 0.962 bits per heavy atom. The third-order valence-corrected chi connectivity index (χ3v) is 4.91. The van der Waals surface area contributed by atoms with Gasteiger partial charge in [0.1, 0.15) is 5.75 Å². The van der Waals surface area contributed by atoms with Gasteiger partial charge in [0.25, 0.3) is 0 Å². The van der Waals surface area contributed by atoms with E-state index >= 15 is 0 Å². The number of methoxy groups -OCH3 is 3. The average molecular weight is 351 g/mol. The summed E-state index contributed by atoms with van der Waals surface area (Å²) in [4.78, 5) is 2.32. The maximum Gasteiger partial charge on any atom is 0.162 e. The second kappa shape index (κ2) is 6.71. The molecule has 0 unspecified atom stereocenters. The van der Waals surface area contributed by atoms with E-state index in [1.807, 2.05) is 30.5 Å². The van der Waals surface area contributed by atoms with E-state index in [2.05, 4.69) is 21.2 Å². The molecule has 6 heteroatoms. The molecule has 0 aliphatic carbocycles. The molecule has 0 amide bonds. The van der Waals surface area contributed by atoms with Gasteiger partial charge in [-0.3, -0.25) is 0 Å². The zero-order chi connectivity index (χ0) is 18.1. The summed E-state index contributed by atoms with van der Waals surface area (Å²) in [5, 5.41) is 9.46. The van der Waals surface area contributed by atoms with Crippen molar-refractivity contribution in [3.8, 4) is 17.2 Å². The van der Waals surface area contributed by atoms with Crippen LogP contribution in [-0.2, 0) is 13.0 Å². The number of hydrogen-bond acceptors (Lipinski definition) is 6. The van der Waals surface area contributed by atoms with Crippen LogP contribution in [0.4, 0.5) is 5.69 Å². The standard InChI is InChI=1S/C20H21N3O3/c1-24-18-6-4-5-13-12-23(8-7-14(13)18)17-11-21-22-16-10-20(26-3)19(25-2)9-15(16)17/h4-6,9-11H,7-8,12H2,1-3H3. The van der Waals surface area contributed by atoms with Crippen LogP contribution in [0.1, 0.15) is 11.1 Å². The van der Waals surface area contributed by atoms with E-state index in [1.165, 1.54) is 11.1 Å². The minimum absolute atomic E-state index is 0.653. The van der Waals surface area contributed by atoms with Gasteiger partial charge in [0.2, 0.25) is 0 Å². The average Bonchev–Trinajstić information content (AvgIpc) is 2.71. The third kappa shape index (κ3) is 2.67. The Kier molecular flexibility index (Phi) is 4.24. The highest BCUT2D eigenvalue weighted by molar-refractivity contribution is 5.93. The molecular weight excluding hydrogens is 330 g/mol. The highest BCUT2D eigenvalue weighted by Crippen LogP contribution is 2.37. The van der Waals surface area contributed by atoms with Gasteiger partial charge in [-0.05, 0) is 24.1 Å². The SMILES string of the molecule is COc1cc2nncc(N3CCc4c(cccc4OC)C3)c2cc1OC. The number of fused-ring (bicyclic) bond motifs is 2. The molecular formula is C20H21N3O3. The molecule has 6 nitrogen and oxygen atoms in total. The smallest absolute Gasteiger partial charge is 0.162 e. The molecule has 3 aromatic rings. The summed E-state index contributed by atoms with van der Waals surface area (Å²) in [5.74, 6) is 2.31. The van der Waals surface area contributed by atoms with Gasteiger partial charge in [0.15, 0.2) is 11.5 Å². The van der Waals surface area contributed by atoms with Crippen LogP contribution in [0.5, 0.6) is 17.2 Å². The molecule has 0 saturated heterocycles. The molecule has 134 valence electrons. The van der Waals surface area contributed by atoms with Gasteiger partial charge in [-0.2, -0.15) is 10.2 Å². The van der Waals surface area contributed by atoms with Gasteiger partial charge >= 0.3 is 0 Å². The van der Waals surface area contributed by atoms with E-state index in [1.54, 1.807) is 21.3 Å². The predicted molar refractivity (Wildman–Crippen MR) is 100 cm³/mol. The molecule has 0 atom stereocenters. The molecule has 2 aromatic carbocycles. The van der Waals surface area contributed by atoms with Gasteiger partial charge in [-0.25, -0.2) is 0 Å². The molecule has 0 bridgehead atoms. The van der Waals surface area contributed by atoms with Gasteiger partial charge < -0.3 is 19.1 Å². The molecule has 0 fully saturated rings. The van der Waals surface area contributed by atoms with Gasteiger partial charge in [-0.15, -0.1) is 0 Å². The van der Waals surface area contributed by atoms with E-state index in [0.717, 1.165) is 41.9 Å². The van der Waals surface area contributed by atoms with Crippen molar-refractivity contribution in [2.45, 2.75) is 13.0 Å². The number of aromatic nitrogens is 2. The Bertz CT molecular complexity index is 958. The van der Waals surface area contributed by atoms with Gasteiger partial charge in [0, 0.05) is 30.1 Å². The van der Waals surface area contributed by atoms with E-state index in [0.29, 0.717) is 11.5 Å². The van der Waals surface area contributed by atoms with Crippen LogP contribution >= 0.6 is 0 Å². The van der Waals surface area contributed by atoms with Crippen LogP contribution in [0.25, 0.3) is 10.9 Å². The highest BCUT2D eigenvalue weighted by Gasteiger charge is 2.22. The maximum absolute atomic E-state index is 5.51. The maximum atomic E-state index is 5.51. The normalized spacial score (nSPS) is 13.4. The third-order valence-electron chi connectivity index (χ3n) is 4.91. The summed E-state index contributed by atoms with van der Waals surface area (Å²) >= 11 is 0. The lowest BCUT2D eigenvalue weighted by Crippen LogP contribution is -2.30. The number of ether oxygens (including phenoxy) is 3. The van der Waals surface area contributed by atoms with Crippen LogP contribution in [-0.4, -0.2) is 38.1 Å². The van der Waals surface area contributed by atoms with E-state index in [4.69, 9.17) is 14.2 Å². The molecule has 2 heterocycles. The van der Waals surface area contributed by atoms with Gasteiger partial charge in [0.05, 0.1) is 38.7 Å². The lowest BCUT2D eigenvalue weighted by atomic mass is 9.98. The van der Waals surface area contributed by atoms with Crippen molar-refractivity contribution in [2.24, 2.45) is 0 Å².